The molecule has 0 aromatic heterocycles. The van der Waals surface area contributed by atoms with Crippen molar-refractivity contribution in [1.82, 2.24) is 9.80 Å². The van der Waals surface area contributed by atoms with Gasteiger partial charge in [0.1, 0.15) is 6.54 Å². The Morgan fingerprint density at radius 1 is 1.20 bits per heavy atom. The number of carboxylic acids is 1. The summed E-state index contributed by atoms with van der Waals surface area (Å²) in [6.45, 7) is 0.259. The van der Waals surface area contributed by atoms with E-state index in [1.165, 1.54) is 23.1 Å². The standard InChI is InChI=1S/C17H21F3N2O3/c1-21(2)7-8-22(10-15(23)24)16(25)13-9-12(13)11-5-3-4-6-14(11)17(18,19)20/h3-6,12-13H,7-10H2,1-2H3,(H,23,24). The zero-order chi connectivity index (χ0) is 18.8. The van der Waals surface area contributed by atoms with Crippen molar-refractivity contribution in [1.29, 1.82) is 0 Å². The summed E-state index contributed by atoms with van der Waals surface area (Å²) in [5, 5.41) is 8.98. The number of nitrogens with zero attached hydrogens (tertiary/aromatic N) is 2. The third-order valence-electron chi connectivity index (χ3n) is 4.23. The SMILES string of the molecule is CN(C)CCN(CC(=O)O)C(=O)C1CC1c1ccccc1C(F)(F)F. The van der Waals surface area contributed by atoms with Crippen molar-refractivity contribution >= 4 is 11.9 Å². The summed E-state index contributed by atoms with van der Waals surface area (Å²) in [6.07, 6.45) is -4.16. The maximum absolute atomic E-state index is 13.1. The third-order valence-corrected chi connectivity index (χ3v) is 4.23. The molecule has 1 aromatic carbocycles. The van der Waals surface area contributed by atoms with E-state index in [4.69, 9.17) is 5.11 Å². The molecule has 1 aliphatic rings. The molecule has 1 aromatic rings. The predicted octanol–water partition coefficient (Wildman–Crippen LogP) is 2.28. The molecule has 25 heavy (non-hydrogen) atoms. The number of rotatable bonds is 7. The minimum absolute atomic E-state index is 0.108. The van der Waals surface area contributed by atoms with Crippen molar-refractivity contribution in [3.8, 4) is 0 Å². The second kappa shape index (κ2) is 7.43. The fourth-order valence-electron chi connectivity index (χ4n) is 2.88. The number of benzene rings is 1. The highest BCUT2D eigenvalue weighted by Crippen LogP contribution is 2.51. The summed E-state index contributed by atoms with van der Waals surface area (Å²) in [4.78, 5) is 26.6. The maximum Gasteiger partial charge on any atom is 0.416 e. The quantitative estimate of drug-likeness (QED) is 0.812. The Hall–Kier alpha value is -2.09. The highest BCUT2D eigenvalue weighted by atomic mass is 19.4. The van der Waals surface area contributed by atoms with E-state index in [-0.39, 0.29) is 12.1 Å². The Bertz CT molecular complexity index is 646. The van der Waals surface area contributed by atoms with Crippen LogP contribution in [0.3, 0.4) is 0 Å². The van der Waals surface area contributed by atoms with Gasteiger partial charge in [0.15, 0.2) is 0 Å². The minimum atomic E-state index is -4.47. The zero-order valence-electron chi connectivity index (χ0n) is 14.1. The lowest BCUT2D eigenvalue weighted by Gasteiger charge is -2.23. The molecule has 1 amide bonds. The van der Waals surface area contributed by atoms with Crippen LogP contribution in [-0.4, -0.2) is 60.5 Å². The maximum atomic E-state index is 13.1. The molecular formula is C17H21F3N2O3. The second-order valence-corrected chi connectivity index (χ2v) is 6.49. The van der Waals surface area contributed by atoms with Crippen molar-refractivity contribution in [2.75, 3.05) is 33.7 Å². The van der Waals surface area contributed by atoms with Crippen LogP contribution in [-0.2, 0) is 15.8 Å². The number of hydrogen-bond acceptors (Lipinski definition) is 3. The van der Waals surface area contributed by atoms with E-state index in [0.717, 1.165) is 6.07 Å². The van der Waals surface area contributed by atoms with Crippen LogP contribution in [0.4, 0.5) is 13.2 Å². The first-order valence-corrected chi connectivity index (χ1v) is 7.92. The molecule has 2 unspecified atom stereocenters. The first-order valence-electron chi connectivity index (χ1n) is 7.92. The predicted molar refractivity (Wildman–Crippen MR) is 85.1 cm³/mol. The van der Waals surface area contributed by atoms with Gasteiger partial charge < -0.3 is 14.9 Å². The Kier molecular flexibility index (Phi) is 5.72. The molecule has 0 spiro atoms. The van der Waals surface area contributed by atoms with Gasteiger partial charge in [-0.3, -0.25) is 9.59 Å². The lowest BCUT2D eigenvalue weighted by Crippen LogP contribution is -2.41. The fraction of sp³-hybridized carbons (Fsp3) is 0.529. The molecule has 0 heterocycles. The molecule has 1 aliphatic carbocycles. The van der Waals surface area contributed by atoms with E-state index in [1.807, 2.05) is 4.90 Å². The van der Waals surface area contributed by atoms with E-state index in [1.54, 1.807) is 14.1 Å². The molecule has 1 N–H and O–H groups in total. The zero-order valence-corrected chi connectivity index (χ0v) is 14.1. The number of aliphatic carboxylic acids is 1. The number of amides is 1. The van der Waals surface area contributed by atoms with Gasteiger partial charge in [0.2, 0.25) is 5.91 Å². The summed E-state index contributed by atoms with van der Waals surface area (Å²) in [6, 6.07) is 5.24. The van der Waals surface area contributed by atoms with Gasteiger partial charge in [-0.2, -0.15) is 13.2 Å². The molecule has 0 saturated heterocycles. The van der Waals surface area contributed by atoms with Crippen molar-refractivity contribution < 1.29 is 27.9 Å². The number of alkyl halides is 3. The summed E-state index contributed by atoms with van der Waals surface area (Å²) < 4.78 is 39.4. The molecule has 1 saturated carbocycles. The number of halogens is 3. The third kappa shape index (κ3) is 4.94. The van der Waals surface area contributed by atoms with Crippen LogP contribution < -0.4 is 0 Å². The van der Waals surface area contributed by atoms with Gasteiger partial charge in [-0.25, -0.2) is 0 Å². The van der Waals surface area contributed by atoms with Gasteiger partial charge in [0.05, 0.1) is 5.56 Å². The first kappa shape index (κ1) is 19.2. The van der Waals surface area contributed by atoms with Crippen LogP contribution in [0.2, 0.25) is 0 Å². The summed E-state index contributed by atoms with van der Waals surface area (Å²) in [5.74, 6) is -2.64. The normalized spacial score (nSPS) is 19.8. The lowest BCUT2D eigenvalue weighted by atomic mass is 10.0. The van der Waals surface area contributed by atoms with Gasteiger partial charge in [-0.1, -0.05) is 18.2 Å². The van der Waals surface area contributed by atoms with E-state index in [9.17, 15) is 22.8 Å². The van der Waals surface area contributed by atoms with Crippen molar-refractivity contribution in [2.24, 2.45) is 5.92 Å². The molecule has 0 aliphatic heterocycles. The van der Waals surface area contributed by atoms with Gasteiger partial charge >= 0.3 is 12.1 Å². The Morgan fingerprint density at radius 2 is 1.84 bits per heavy atom. The van der Waals surface area contributed by atoms with E-state index in [2.05, 4.69) is 0 Å². The number of likely N-dealkylation sites (N-methyl/N-ethyl adjacent to an activating group) is 1. The number of hydrogen-bond donors (Lipinski definition) is 1. The van der Waals surface area contributed by atoms with Crippen LogP contribution in [0.15, 0.2) is 24.3 Å². The minimum Gasteiger partial charge on any atom is -0.480 e. The second-order valence-electron chi connectivity index (χ2n) is 6.49. The summed E-state index contributed by atoms with van der Waals surface area (Å²) in [7, 11) is 3.59. The van der Waals surface area contributed by atoms with E-state index in [0.29, 0.717) is 13.0 Å². The molecule has 138 valence electrons. The topological polar surface area (TPSA) is 60.9 Å². The van der Waals surface area contributed by atoms with E-state index < -0.39 is 42.0 Å². The smallest absolute Gasteiger partial charge is 0.416 e. The number of carbonyl (C=O) groups is 2. The summed E-state index contributed by atoms with van der Waals surface area (Å²) in [5.41, 5.74) is -0.621. The Labute approximate surface area is 144 Å². The van der Waals surface area contributed by atoms with E-state index >= 15 is 0 Å². The molecule has 8 heteroatoms. The monoisotopic (exact) mass is 358 g/mol. The summed E-state index contributed by atoms with van der Waals surface area (Å²) >= 11 is 0. The Balaban J connectivity index is 2.13. The molecule has 0 radical (unpaired) electrons. The molecule has 2 rings (SSSR count). The van der Waals surface area contributed by atoms with Crippen LogP contribution in [0, 0.1) is 5.92 Å². The molecule has 1 fully saturated rings. The largest absolute Gasteiger partial charge is 0.480 e. The van der Waals surface area contributed by atoms with Crippen LogP contribution in [0.1, 0.15) is 23.5 Å². The van der Waals surface area contributed by atoms with Crippen LogP contribution >= 0.6 is 0 Å². The molecule has 2 atom stereocenters. The molecular weight excluding hydrogens is 337 g/mol. The van der Waals surface area contributed by atoms with Gasteiger partial charge in [0, 0.05) is 19.0 Å². The Morgan fingerprint density at radius 3 is 2.40 bits per heavy atom. The molecule has 0 bridgehead atoms. The number of carbonyl (C=O) groups excluding carboxylic acids is 1. The first-order chi connectivity index (χ1) is 11.6. The lowest BCUT2D eigenvalue weighted by molar-refractivity contribution is -0.145. The van der Waals surface area contributed by atoms with Gasteiger partial charge in [0.25, 0.3) is 0 Å². The van der Waals surface area contributed by atoms with Crippen molar-refractivity contribution in [3.05, 3.63) is 35.4 Å². The highest BCUT2D eigenvalue weighted by Gasteiger charge is 2.49. The van der Waals surface area contributed by atoms with Crippen molar-refractivity contribution in [2.45, 2.75) is 18.5 Å². The van der Waals surface area contributed by atoms with Crippen LogP contribution in [0.5, 0.6) is 0 Å². The molecule has 5 nitrogen and oxygen atoms in total. The van der Waals surface area contributed by atoms with Crippen LogP contribution in [0.25, 0.3) is 0 Å². The fourth-order valence-corrected chi connectivity index (χ4v) is 2.88. The average molecular weight is 358 g/mol. The van der Waals surface area contributed by atoms with Gasteiger partial charge in [-0.15, -0.1) is 0 Å². The number of carboxylic acid groups (broad SMARTS) is 1. The van der Waals surface area contributed by atoms with Crippen molar-refractivity contribution in [3.63, 3.8) is 0 Å². The average Bonchev–Trinajstić information content (AvgIpc) is 3.30. The highest BCUT2D eigenvalue weighted by molar-refractivity contribution is 5.86. The van der Waals surface area contributed by atoms with Gasteiger partial charge in [-0.05, 0) is 38.1 Å².